The van der Waals surface area contributed by atoms with E-state index in [0.717, 1.165) is 13.1 Å². The third kappa shape index (κ3) is 1.93. The first kappa shape index (κ1) is 10.7. The molecule has 0 spiro atoms. The fourth-order valence-corrected chi connectivity index (χ4v) is 2.19. The van der Waals surface area contributed by atoms with Crippen LogP contribution in [-0.2, 0) is 6.54 Å². The largest absolute Gasteiger partial charge is 0.334 e. The second kappa shape index (κ2) is 3.97. The maximum absolute atomic E-state index is 4.51. The molecule has 1 aromatic rings. The summed E-state index contributed by atoms with van der Waals surface area (Å²) in [4.78, 5) is 4.51. The highest BCUT2D eigenvalue weighted by atomic mass is 15.1. The molecule has 0 aromatic carbocycles. The van der Waals surface area contributed by atoms with Crippen LogP contribution in [0.1, 0.15) is 45.5 Å². The molecule has 0 saturated heterocycles. The molecule has 0 aliphatic heterocycles. The van der Waals surface area contributed by atoms with E-state index in [1.54, 1.807) is 0 Å². The fourth-order valence-electron chi connectivity index (χ4n) is 2.19. The van der Waals surface area contributed by atoms with Crippen molar-refractivity contribution < 1.29 is 0 Å². The fraction of sp³-hybridized carbons (Fsp3) is 0.750. The van der Waals surface area contributed by atoms with Crippen molar-refractivity contribution in [2.24, 2.45) is 5.41 Å². The topological polar surface area (TPSA) is 29.9 Å². The van der Waals surface area contributed by atoms with E-state index in [9.17, 15) is 0 Å². The molecule has 3 nitrogen and oxygen atoms in total. The highest BCUT2D eigenvalue weighted by molar-refractivity contribution is 5.10. The summed E-state index contributed by atoms with van der Waals surface area (Å²) < 4.78 is 2.25. The molecule has 1 unspecified atom stereocenters. The highest BCUT2D eigenvalue weighted by Gasteiger charge is 2.46. The second-order valence-corrected chi connectivity index (χ2v) is 4.72. The van der Waals surface area contributed by atoms with Crippen LogP contribution in [0.5, 0.6) is 0 Å². The lowest BCUT2D eigenvalue weighted by Gasteiger charge is -2.24. The van der Waals surface area contributed by atoms with Gasteiger partial charge in [-0.15, -0.1) is 0 Å². The Morgan fingerprint density at radius 3 is 2.80 bits per heavy atom. The van der Waals surface area contributed by atoms with Crippen LogP contribution in [0.3, 0.4) is 0 Å². The van der Waals surface area contributed by atoms with Gasteiger partial charge in [-0.2, -0.15) is 0 Å². The van der Waals surface area contributed by atoms with Gasteiger partial charge >= 0.3 is 0 Å². The first-order valence-electron chi connectivity index (χ1n) is 5.95. The minimum Gasteiger partial charge on any atom is -0.334 e. The van der Waals surface area contributed by atoms with Gasteiger partial charge in [0.05, 0.1) is 6.04 Å². The SMILES string of the molecule is CCNC(c1nccn1CC)C1(C)CC1. The summed E-state index contributed by atoms with van der Waals surface area (Å²) in [6.45, 7) is 8.71. The van der Waals surface area contributed by atoms with Gasteiger partial charge in [0.15, 0.2) is 0 Å². The van der Waals surface area contributed by atoms with Crippen molar-refractivity contribution >= 4 is 0 Å². The molecule has 3 heteroatoms. The summed E-state index contributed by atoms with van der Waals surface area (Å²) in [5, 5.41) is 3.58. The Bertz CT molecular complexity index is 325. The van der Waals surface area contributed by atoms with E-state index in [1.165, 1.54) is 18.7 Å². The molecule has 1 aliphatic rings. The lowest BCUT2D eigenvalue weighted by molar-refractivity contribution is 0.347. The van der Waals surface area contributed by atoms with E-state index in [2.05, 4.69) is 41.8 Å². The van der Waals surface area contributed by atoms with Crippen LogP contribution < -0.4 is 5.32 Å². The van der Waals surface area contributed by atoms with E-state index in [1.807, 2.05) is 6.20 Å². The molecular weight excluding hydrogens is 186 g/mol. The van der Waals surface area contributed by atoms with Crippen molar-refractivity contribution in [2.75, 3.05) is 6.54 Å². The van der Waals surface area contributed by atoms with Gasteiger partial charge in [0, 0.05) is 18.9 Å². The van der Waals surface area contributed by atoms with Gasteiger partial charge < -0.3 is 9.88 Å². The van der Waals surface area contributed by atoms with Gasteiger partial charge in [-0.25, -0.2) is 4.98 Å². The molecule has 2 rings (SSSR count). The van der Waals surface area contributed by atoms with Gasteiger partial charge in [0.25, 0.3) is 0 Å². The number of imidazole rings is 1. The van der Waals surface area contributed by atoms with Crippen molar-refractivity contribution in [3.05, 3.63) is 18.2 Å². The quantitative estimate of drug-likeness (QED) is 0.803. The number of rotatable bonds is 5. The zero-order valence-corrected chi connectivity index (χ0v) is 9.95. The first-order valence-corrected chi connectivity index (χ1v) is 5.95. The van der Waals surface area contributed by atoms with E-state index in [4.69, 9.17) is 0 Å². The summed E-state index contributed by atoms with van der Waals surface area (Å²) in [6.07, 6.45) is 6.63. The molecule has 1 aromatic heterocycles. The van der Waals surface area contributed by atoms with Crippen molar-refractivity contribution in [1.82, 2.24) is 14.9 Å². The molecule has 1 heterocycles. The highest BCUT2D eigenvalue weighted by Crippen LogP contribution is 2.54. The van der Waals surface area contributed by atoms with Crippen molar-refractivity contribution in [3.63, 3.8) is 0 Å². The zero-order chi connectivity index (χ0) is 10.9. The molecule has 1 saturated carbocycles. The summed E-state index contributed by atoms with van der Waals surface area (Å²) >= 11 is 0. The van der Waals surface area contributed by atoms with E-state index in [-0.39, 0.29) is 0 Å². The van der Waals surface area contributed by atoms with Gasteiger partial charge in [-0.05, 0) is 31.7 Å². The van der Waals surface area contributed by atoms with E-state index < -0.39 is 0 Å². The number of nitrogens with zero attached hydrogens (tertiary/aromatic N) is 2. The molecule has 15 heavy (non-hydrogen) atoms. The van der Waals surface area contributed by atoms with Crippen LogP contribution in [0.4, 0.5) is 0 Å². The third-order valence-electron chi connectivity index (χ3n) is 3.49. The third-order valence-corrected chi connectivity index (χ3v) is 3.49. The van der Waals surface area contributed by atoms with Gasteiger partial charge in [-0.1, -0.05) is 13.8 Å². The minimum atomic E-state index is 0.428. The minimum absolute atomic E-state index is 0.428. The molecule has 0 radical (unpaired) electrons. The Morgan fingerprint density at radius 2 is 2.27 bits per heavy atom. The molecule has 0 bridgehead atoms. The zero-order valence-electron chi connectivity index (χ0n) is 9.95. The molecule has 1 N–H and O–H groups in total. The maximum atomic E-state index is 4.51. The van der Waals surface area contributed by atoms with Crippen LogP contribution in [0.2, 0.25) is 0 Å². The van der Waals surface area contributed by atoms with Crippen LogP contribution in [-0.4, -0.2) is 16.1 Å². The summed E-state index contributed by atoms with van der Waals surface area (Å²) in [6, 6.07) is 0.428. The number of hydrogen-bond acceptors (Lipinski definition) is 2. The Balaban J connectivity index is 2.24. The van der Waals surface area contributed by atoms with Crippen LogP contribution in [0.25, 0.3) is 0 Å². The average Bonchev–Trinajstić information content (AvgIpc) is 2.83. The van der Waals surface area contributed by atoms with Crippen LogP contribution in [0, 0.1) is 5.41 Å². The van der Waals surface area contributed by atoms with Crippen LogP contribution in [0.15, 0.2) is 12.4 Å². The molecule has 1 atom stereocenters. The van der Waals surface area contributed by atoms with Gasteiger partial charge in [-0.3, -0.25) is 0 Å². The molecule has 1 fully saturated rings. The Morgan fingerprint density at radius 1 is 1.53 bits per heavy atom. The molecule has 1 aliphatic carbocycles. The lowest BCUT2D eigenvalue weighted by Crippen LogP contribution is -2.30. The summed E-state index contributed by atoms with van der Waals surface area (Å²) in [7, 11) is 0. The van der Waals surface area contributed by atoms with E-state index >= 15 is 0 Å². The van der Waals surface area contributed by atoms with E-state index in [0.29, 0.717) is 11.5 Å². The van der Waals surface area contributed by atoms with Crippen molar-refractivity contribution in [3.8, 4) is 0 Å². The monoisotopic (exact) mass is 207 g/mol. The first-order chi connectivity index (χ1) is 7.21. The average molecular weight is 207 g/mol. The second-order valence-electron chi connectivity index (χ2n) is 4.72. The van der Waals surface area contributed by atoms with Crippen LogP contribution >= 0.6 is 0 Å². The van der Waals surface area contributed by atoms with Crippen molar-refractivity contribution in [1.29, 1.82) is 0 Å². The summed E-state index contributed by atoms with van der Waals surface area (Å²) in [5.41, 5.74) is 0.439. The molecular formula is C12H21N3. The number of aryl methyl sites for hydroxylation is 1. The summed E-state index contributed by atoms with van der Waals surface area (Å²) in [5.74, 6) is 1.21. The van der Waals surface area contributed by atoms with Crippen molar-refractivity contribution in [2.45, 2.75) is 46.2 Å². The van der Waals surface area contributed by atoms with Gasteiger partial charge in [0.1, 0.15) is 5.82 Å². The maximum Gasteiger partial charge on any atom is 0.126 e. The van der Waals surface area contributed by atoms with Gasteiger partial charge in [0.2, 0.25) is 0 Å². The number of hydrogen-bond donors (Lipinski definition) is 1. The molecule has 84 valence electrons. The smallest absolute Gasteiger partial charge is 0.126 e. The number of nitrogens with one attached hydrogen (secondary N) is 1. The molecule has 0 amide bonds. The lowest BCUT2D eigenvalue weighted by atomic mass is 9.98. The predicted molar refractivity (Wildman–Crippen MR) is 61.7 cm³/mol. The standard InChI is InChI=1S/C12H21N3/c1-4-13-10(12(3)6-7-12)11-14-8-9-15(11)5-2/h8-10,13H,4-7H2,1-3H3. The normalized spacial score (nSPS) is 20.2. The Labute approximate surface area is 91.9 Å². The Kier molecular flexibility index (Phi) is 2.83. The predicted octanol–water partition coefficient (Wildman–Crippen LogP) is 2.35. The number of aromatic nitrogens is 2. The Hall–Kier alpha value is -0.830.